The second-order valence-electron chi connectivity index (χ2n) is 6.89. The van der Waals surface area contributed by atoms with Crippen LogP contribution in [0.1, 0.15) is 44.1 Å². The fourth-order valence-electron chi connectivity index (χ4n) is 3.74. The van der Waals surface area contributed by atoms with Crippen molar-refractivity contribution in [3.63, 3.8) is 0 Å². The molecule has 0 amide bonds. The van der Waals surface area contributed by atoms with Gasteiger partial charge < -0.3 is 0 Å². The van der Waals surface area contributed by atoms with Crippen LogP contribution in [0.25, 0.3) is 6.08 Å². The third kappa shape index (κ3) is 4.96. The molecule has 2 aliphatic heterocycles. The number of hydrogen-bond acceptors (Lipinski definition) is 2. The van der Waals surface area contributed by atoms with Gasteiger partial charge in [0.2, 0.25) is 0 Å². The highest BCUT2D eigenvalue weighted by Gasteiger charge is 2.16. The van der Waals surface area contributed by atoms with Gasteiger partial charge in [-0.2, -0.15) is 0 Å². The summed E-state index contributed by atoms with van der Waals surface area (Å²) in [5, 5.41) is 0. The van der Waals surface area contributed by atoms with Gasteiger partial charge in [-0.25, -0.2) is 0 Å². The molecule has 3 rings (SSSR count). The predicted octanol–water partition coefficient (Wildman–Crippen LogP) is 4.04. The van der Waals surface area contributed by atoms with Gasteiger partial charge >= 0.3 is 0 Å². The molecule has 1 aromatic carbocycles. The Morgan fingerprint density at radius 3 is 1.73 bits per heavy atom. The summed E-state index contributed by atoms with van der Waals surface area (Å²) >= 11 is 0. The van der Waals surface area contributed by atoms with Gasteiger partial charge in [0, 0.05) is 13.1 Å². The van der Waals surface area contributed by atoms with Crippen molar-refractivity contribution >= 4 is 6.08 Å². The van der Waals surface area contributed by atoms with Crippen molar-refractivity contribution in [1.29, 1.82) is 0 Å². The molecule has 0 atom stereocenters. The summed E-state index contributed by atoms with van der Waals surface area (Å²) in [5.41, 5.74) is 2.95. The Bertz CT molecular complexity index is 432. The van der Waals surface area contributed by atoms with Crippen LogP contribution in [-0.4, -0.2) is 49.1 Å². The number of rotatable bonds is 5. The molecule has 1 aromatic rings. The fourth-order valence-corrected chi connectivity index (χ4v) is 3.74. The van der Waals surface area contributed by atoms with Crippen molar-refractivity contribution in [2.75, 3.05) is 39.3 Å². The van der Waals surface area contributed by atoms with Crippen molar-refractivity contribution in [3.05, 3.63) is 41.5 Å². The van der Waals surface area contributed by atoms with E-state index < -0.39 is 0 Å². The molecule has 0 unspecified atom stereocenters. The number of piperidine rings is 2. The molecule has 2 nitrogen and oxygen atoms in total. The van der Waals surface area contributed by atoms with E-state index in [4.69, 9.17) is 0 Å². The first-order valence-electron chi connectivity index (χ1n) is 9.09. The molecular formula is C20H30N2. The number of nitrogens with zero attached hydrogens (tertiary/aromatic N) is 2. The number of likely N-dealkylation sites (tertiary alicyclic amines) is 2. The minimum atomic E-state index is 1.16. The van der Waals surface area contributed by atoms with E-state index in [9.17, 15) is 0 Å². The van der Waals surface area contributed by atoms with E-state index >= 15 is 0 Å². The maximum atomic E-state index is 2.65. The van der Waals surface area contributed by atoms with Gasteiger partial charge in [0.05, 0.1) is 0 Å². The van der Waals surface area contributed by atoms with Crippen molar-refractivity contribution in [2.45, 2.75) is 38.5 Å². The maximum absolute atomic E-state index is 2.65. The maximum Gasteiger partial charge on any atom is 0.0208 e. The van der Waals surface area contributed by atoms with Crippen LogP contribution >= 0.6 is 0 Å². The number of benzene rings is 1. The van der Waals surface area contributed by atoms with Gasteiger partial charge in [0.25, 0.3) is 0 Å². The first-order chi connectivity index (χ1) is 10.9. The molecule has 2 fully saturated rings. The molecule has 2 heteroatoms. The van der Waals surface area contributed by atoms with Gasteiger partial charge in [-0.3, -0.25) is 9.80 Å². The average molecular weight is 298 g/mol. The summed E-state index contributed by atoms with van der Waals surface area (Å²) in [5.74, 6) is 0. The van der Waals surface area contributed by atoms with Gasteiger partial charge in [0.1, 0.15) is 0 Å². The highest BCUT2D eigenvalue weighted by Crippen LogP contribution is 2.16. The zero-order valence-electron chi connectivity index (χ0n) is 13.8. The molecule has 0 aromatic heterocycles. The van der Waals surface area contributed by atoms with Crippen LogP contribution in [0.5, 0.6) is 0 Å². The molecule has 0 spiro atoms. The molecule has 2 heterocycles. The minimum Gasteiger partial charge on any atom is -0.299 e. The van der Waals surface area contributed by atoms with Crippen molar-refractivity contribution < 1.29 is 0 Å². The first kappa shape index (κ1) is 15.8. The van der Waals surface area contributed by atoms with Crippen LogP contribution in [-0.2, 0) is 0 Å². The zero-order valence-corrected chi connectivity index (χ0v) is 13.8. The summed E-state index contributed by atoms with van der Waals surface area (Å²) < 4.78 is 0. The average Bonchev–Trinajstić information content (AvgIpc) is 2.57. The lowest BCUT2D eigenvalue weighted by molar-refractivity contribution is 0.219. The van der Waals surface area contributed by atoms with E-state index in [-0.39, 0.29) is 0 Å². The van der Waals surface area contributed by atoms with Crippen LogP contribution in [0.4, 0.5) is 0 Å². The quantitative estimate of drug-likeness (QED) is 0.809. The standard InChI is InChI=1S/C20H30N2/c1-4-10-19(11-5-1)16-20(17-21-12-6-2-7-13-21)18-22-14-8-3-9-15-22/h1,4-5,10-11,16H,2-3,6-9,12-15,17-18H2. The third-order valence-electron chi connectivity index (χ3n) is 4.92. The van der Waals surface area contributed by atoms with Crippen molar-refractivity contribution in [1.82, 2.24) is 9.80 Å². The second kappa shape index (κ2) is 8.50. The normalized spacial score (nSPS) is 20.7. The molecule has 0 saturated carbocycles. The minimum absolute atomic E-state index is 1.16. The Labute approximate surface area is 135 Å². The van der Waals surface area contributed by atoms with Gasteiger partial charge in [-0.05, 0) is 63.0 Å². The largest absolute Gasteiger partial charge is 0.299 e. The van der Waals surface area contributed by atoms with E-state index in [2.05, 4.69) is 46.2 Å². The summed E-state index contributed by atoms with van der Waals surface area (Å²) in [7, 11) is 0. The molecule has 120 valence electrons. The van der Waals surface area contributed by atoms with Crippen LogP contribution in [0.3, 0.4) is 0 Å². The molecule has 2 aliphatic rings. The molecule has 0 aliphatic carbocycles. The van der Waals surface area contributed by atoms with Crippen molar-refractivity contribution in [3.8, 4) is 0 Å². The Morgan fingerprint density at radius 1 is 0.727 bits per heavy atom. The smallest absolute Gasteiger partial charge is 0.0208 e. The van der Waals surface area contributed by atoms with Crippen molar-refractivity contribution in [2.24, 2.45) is 0 Å². The molecule has 22 heavy (non-hydrogen) atoms. The summed E-state index contributed by atoms with van der Waals surface area (Å²) in [6.07, 6.45) is 10.8. The first-order valence-corrected chi connectivity index (χ1v) is 9.09. The van der Waals surface area contributed by atoms with Crippen LogP contribution in [0.15, 0.2) is 35.9 Å². The highest BCUT2D eigenvalue weighted by atomic mass is 15.2. The van der Waals surface area contributed by atoms with E-state index in [1.54, 1.807) is 5.57 Å². The fraction of sp³-hybridized carbons (Fsp3) is 0.600. The lowest BCUT2D eigenvalue weighted by Crippen LogP contribution is -2.36. The van der Waals surface area contributed by atoms with Crippen LogP contribution in [0, 0.1) is 0 Å². The molecule has 2 saturated heterocycles. The Kier molecular flexibility index (Phi) is 6.09. The topological polar surface area (TPSA) is 6.48 Å². The van der Waals surface area contributed by atoms with E-state index in [0.29, 0.717) is 0 Å². The second-order valence-corrected chi connectivity index (χ2v) is 6.89. The highest BCUT2D eigenvalue weighted by molar-refractivity contribution is 5.53. The monoisotopic (exact) mass is 298 g/mol. The Morgan fingerprint density at radius 2 is 1.23 bits per heavy atom. The summed E-state index contributed by atoms with van der Waals surface area (Å²) in [6, 6.07) is 10.8. The lowest BCUT2D eigenvalue weighted by atomic mass is 10.1. The van der Waals surface area contributed by atoms with Gasteiger partial charge in [-0.15, -0.1) is 0 Å². The van der Waals surface area contributed by atoms with Gasteiger partial charge in [0.15, 0.2) is 0 Å². The Balaban J connectivity index is 1.67. The zero-order chi connectivity index (χ0) is 15.0. The van der Waals surface area contributed by atoms with Crippen LogP contribution in [0.2, 0.25) is 0 Å². The molecule has 0 radical (unpaired) electrons. The number of hydrogen-bond donors (Lipinski definition) is 0. The molecule has 0 N–H and O–H groups in total. The van der Waals surface area contributed by atoms with Crippen LogP contribution < -0.4 is 0 Å². The van der Waals surface area contributed by atoms with E-state index in [1.807, 2.05) is 0 Å². The predicted molar refractivity (Wildman–Crippen MR) is 95.0 cm³/mol. The Hall–Kier alpha value is -1.12. The molecule has 0 bridgehead atoms. The summed E-state index contributed by atoms with van der Waals surface area (Å²) in [6.45, 7) is 7.45. The van der Waals surface area contributed by atoms with E-state index in [1.165, 1.54) is 70.3 Å². The lowest BCUT2D eigenvalue weighted by Gasteiger charge is -2.31. The molecular weight excluding hydrogens is 268 g/mol. The third-order valence-corrected chi connectivity index (χ3v) is 4.92. The SMILES string of the molecule is C(=C(CN1CCCCC1)CN1CCCCC1)c1ccccc1. The van der Waals surface area contributed by atoms with E-state index in [0.717, 1.165) is 13.1 Å². The summed E-state index contributed by atoms with van der Waals surface area (Å²) in [4.78, 5) is 5.31. The van der Waals surface area contributed by atoms with Gasteiger partial charge in [-0.1, -0.05) is 49.2 Å².